The maximum absolute atomic E-state index is 10.6. The third-order valence-electron chi connectivity index (χ3n) is 1.66. The molecule has 0 rings (SSSR count). The fraction of sp³-hybridized carbons (Fsp3) is 0.667. The molecule has 16 heavy (non-hydrogen) atoms. The average molecular weight is 226 g/mol. The molecule has 4 nitrogen and oxygen atoms in total. The van der Waals surface area contributed by atoms with Gasteiger partial charge in [-0.3, -0.25) is 9.59 Å². The summed E-state index contributed by atoms with van der Waals surface area (Å²) in [6.45, 7) is 5.03. The van der Waals surface area contributed by atoms with E-state index in [1.165, 1.54) is 13.8 Å². The summed E-state index contributed by atoms with van der Waals surface area (Å²) in [5.74, 6) is 4.93. The molecule has 0 saturated carbocycles. The summed E-state index contributed by atoms with van der Waals surface area (Å²) < 4.78 is 9.67. The van der Waals surface area contributed by atoms with Gasteiger partial charge in [0.05, 0.1) is 5.92 Å². The summed E-state index contributed by atoms with van der Waals surface area (Å²) in [7, 11) is 0. The molecule has 0 aromatic heterocycles. The van der Waals surface area contributed by atoms with E-state index in [0.29, 0.717) is 0 Å². The van der Waals surface area contributed by atoms with E-state index < -0.39 is 0 Å². The lowest BCUT2D eigenvalue weighted by Gasteiger charge is -2.10. The molecule has 0 aliphatic heterocycles. The highest BCUT2D eigenvalue weighted by Crippen LogP contribution is 1.99. The molecule has 0 aliphatic carbocycles. The fourth-order valence-corrected chi connectivity index (χ4v) is 0.909. The van der Waals surface area contributed by atoms with Crippen LogP contribution in [0.3, 0.4) is 0 Å². The summed E-state index contributed by atoms with van der Waals surface area (Å²) in [5.41, 5.74) is 0. The van der Waals surface area contributed by atoms with Crippen molar-refractivity contribution in [1.82, 2.24) is 0 Å². The molecular weight excluding hydrogens is 208 g/mol. The minimum Gasteiger partial charge on any atom is -0.464 e. The van der Waals surface area contributed by atoms with Crippen LogP contribution in [0.5, 0.6) is 0 Å². The first-order valence-corrected chi connectivity index (χ1v) is 5.31. The Hall–Kier alpha value is -1.50. The molecule has 0 radical (unpaired) electrons. The SMILES string of the molecule is CCCC#CC(COC(C)=O)COC(C)=O. The topological polar surface area (TPSA) is 52.6 Å². The lowest BCUT2D eigenvalue weighted by atomic mass is 10.1. The van der Waals surface area contributed by atoms with Gasteiger partial charge in [0, 0.05) is 20.3 Å². The minimum absolute atomic E-state index is 0.166. The van der Waals surface area contributed by atoms with E-state index in [9.17, 15) is 9.59 Å². The van der Waals surface area contributed by atoms with Crippen molar-refractivity contribution in [2.24, 2.45) is 5.92 Å². The van der Waals surface area contributed by atoms with Crippen LogP contribution in [0.4, 0.5) is 0 Å². The van der Waals surface area contributed by atoms with Crippen LogP contribution in [0, 0.1) is 17.8 Å². The molecule has 0 heterocycles. The predicted octanol–water partition coefficient (Wildman–Crippen LogP) is 1.53. The van der Waals surface area contributed by atoms with E-state index in [4.69, 9.17) is 9.47 Å². The largest absolute Gasteiger partial charge is 0.464 e. The summed E-state index contributed by atoms with van der Waals surface area (Å²) in [5, 5.41) is 0. The van der Waals surface area contributed by atoms with Crippen molar-refractivity contribution in [3.05, 3.63) is 0 Å². The molecule has 0 fully saturated rings. The van der Waals surface area contributed by atoms with E-state index in [1.807, 2.05) is 6.92 Å². The first-order valence-electron chi connectivity index (χ1n) is 5.31. The van der Waals surface area contributed by atoms with Gasteiger partial charge in [0.25, 0.3) is 0 Å². The molecule has 90 valence electrons. The summed E-state index contributed by atoms with van der Waals surface area (Å²) in [6, 6.07) is 0. The van der Waals surface area contributed by atoms with Gasteiger partial charge < -0.3 is 9.47 Å². The number of ether oxygens (including phenoxy) is 2. The van der Waals surface area contributed by atoms with E-state index in [1.54, 1.807) is 0 Å². The van der Waals surface area contributed by atoms with Crippen LogP contribution in [0.1, 0.15) is 33.6 Å². The van der Waals surface area contributed by atoms with E-state index >= 15 is 0 Å². The Morgan fingerprint density at radius 1 is 1.12 bits per heavy atom. The van der Waals surface area contributed by atoms with Crippen molar-refractivity contribution >= 4 is 11.9 Å². The second-order valence-corrected chi connectivity index (χ2v) is 3.37. The van der Waals surface area contributed by atoms with Gasteiger partial charge in [-0.2, -0.15) is 0 Å². The van der Waals surface area contributed by atoms with Gasteiger partial charge in [0.1, 0.15) is 13.2 Å². The van der Waals surface area contributed by atoms with E-state index in [0.717, 1.165) is 12.8 Å². The van der Waals surface area contributed by atoms with Gasteiger partial charge in [0.2, 0.25) is 0 Å². The monoisotopic (exact) mass is 226 g/mol. The molecule has 0 aromatic carbocycles. The van der Waals surface area contributed by atoms with Gasteiger partial charge >= 0.3 is 11.9 Å². The number of unbranched alkanes of at least 4 members (excludes halogenated alkanes) is 1. The normalized spacial score (nSPS) is 9.25. The molecule has 0 aromatic rings. The molecular formula is C12H18O4. The Kier molecular flexibility index (Phi) is 7.96. The molecule has 0 saturated heterocycles. The summed E-state index contributed by atoms with van der Waals surface area (Å²) in [6.07, 6.45) is 1.76. The minimum atomic E-state index is -0.356. The Morgan fingerprint density at radius 3 is 2.00 bits per heavy atom. The number of carbonyl (C=O) groups is 2. The Balaban J connectivity index is 4.11. The van der Waals surface area contributed by atoms with E-state index in [-0.39, 0.29) is 31.1 Å². The zero-order valence-corrected chi connectivity index (χ0v) is 10.0. The van der Waals surface area contributed by atoms with Crippen LogP contribution >= 0.6 is 0 Å². The van der Waals surface area contributed by atoms with Crippen molar-refractivity contribution in [1.29, 1.82) is 0 Å². The number of carbonyl (C=O) groups excluding carboxylic acids is 2. The fourth-order valence-electron chi connectivity index (χ4n) is 0.909. The van der Waals surface area contributed by atoms with Crippen molar-refractivity contribution in [2.45, 2.75) is 33.6 Å². The molecule has 0 N–H and O–H groups in total. The van der Waals surface area contributed by atoms with E-state index in [2.05, 4.69) is 11.8 Å². The Bertz CT molecular complexity index is 267. The van der Waals surface area contributed by atoms with Crippen LogP contribution < -0.4 is 0 Å². The quantitative estimate of drug-likeness (QED) is 0.527. The van der Waals surface area contributed by atoms with Crippen LogP contribution in [0.2, 0.25) is 0 Å². The van der Waals surface area contributed by atoms with Crippen molar-refractivity contribution in [2.75, 3.05) is 13.2 Å². The van der Waals surface area contributed by atoms with Crippen LogP contribution in [-0.4, -0.2) is 25.2 Å². The smallest absolute Gasteiger partial charge is 0.302 e. The Morgan fingerprint density at radius 2 is 1.62 bits per heavy atom. The second kappa shape index (κ2) is 8.78. The molecule has 4 heteroatoms. The number of hydrogen-bond acceptors (Lipinski definition) is 4. The number of esters is 2. The standard InChI is InChI=1S/C12H18O4/c1-4-5-6-7-12(8-15-10(2)13)9-16-11(3)14/h12H,4-5,8-9H2,1-3H3. The highest BCUT2D eigenvalue weighted by atomic mass is 16.5. The highest BCUT2D eigenvalue weighted by Gasteiger charge is 2.09. The summed E-state index contributed by atoms with van der Waals surface area (Å²) in [4.78, 5) is 21.3. The van der Waals surface area contributed by atoms with Gasteiger partial charge in [0.15, 0.2) is 0 Å². The van der Waals surface area contributed by atoms with Crippen LogP contribution in [-0.2, 0) is 19.1 Å². The van der Waals surface area contributed by atoms with Crippen LogP contribution in [0.15, 0.2) is 0 Å². The lowest BCUT2D eigenvalue weighted by Crippen LogP contribution is -2.18. The third kappa shape index (κ3) is 9.07. The van der Waals surface area contributed by atoms with Crippen molar-refractivity contribution < 1.29 is 19.1 Å². The maximum Gasteiger partial charge on any atom is 0.302 e. The van der Waals surface area contributed by atoms with Gasteiger partial charge in [-0.15, -0.1) is 5.92 Å². The zero-order chi connectivity index (χ0) is 12.4. The number of rotatable bonds is 5. The van der Waals surface area contributed by atoms with Crippen LogP contribution in [0.25, 0.3) is 0 Å². The molecule has 0 amide bonds. The van der Waals surface area contributed by atoms with Gasteiger partial charge in [-0.1, -0.05) is 12.8 Å². The molecule has 0 unspecified atom stereocenters. The number of hydrogen-bond donors (Lipinski definition) is 0. The van der Waals surface area contributed by atoms with Crippen molar-refractivity contribution in [3.63, 3.8) is 0 Å². The molecule has 0 atom stereocenters. The first kappa shape index (κ1) is 14.5. The molecule has 0 spiro atoms. The molecule has 0 aliphatic rings. The molecule has 0 bridgehead atoms. The summed E-state index contributed by atoms with van der Waals surface area (Å²) >= 11 is 0. The Labute approximate surface area is 96.3 Å². The second-order valence-electron chi connectivity index (χ2n) is 3.37. The maximum atomic E-state index is 10.6. The lowest BCUT2D eigenvalue weighted by molar-refractivity contribution is -0.144. The highest BCUT2D eigenvalue weighted by molar-refractivity contribution is 5.66. The zero-order valence-electron chi connectivity index (χ0n) is 10.0. The van der Waals surface area contributed by atoms with Gasteiger partial charge in [-0.05, 0) is 6.42 Å². The van der Waals surface area contributed by atoms with Crippen molar-refractivity contribution in [3.8, 4) is 11.8 Å². The average Bonchev–Trinajstić information content (AvgIpc) is 2.21. The predicted molar refractivity (Wildman–Crippen MR) is 59.4 cm³/mol. The first-order chi connectivity index (χ1) is 7.56. The van der Waals surface area contributed by atoms with Gasteiger partial charge in [-0.25, -0.2) is 0 Å². The third-order valence-corrected chi connectivity index (χ3v) is 1.66.